The van der Waals surface area contributed by atoms with E-state index < -0.39 is 10.0 Å². The van der Waals surface area contributed by atoms with Gasteiger partial charge in [0.1, 0.15) is 4.90 Å². The zero-order chi connectivity index (χ0) is 17.0. The van der Waals surface area contributed by atoms with Crippen LogP contribution in [-0.4, -0.2) is 55.8 Å². The first kappa shape index (κ1) is 20.1. The number of halogens is 1. The third-order valence-electron chi connectivity index (χ3n) is 4.70. The number of carbonyl (C=O) groups is 1. The predicted octanol–water partition coefficient (Wildman–Crippen LogP) is 0.772. The molecule has 2 N–H and O–H groups in total. The third kappa shape index (κ3) is 4.91. The smallest absolute Gasteiger partial charge is 0.244 e. The van der Waals surface area contributed by atoms with E-state index >= 15 is 0 Å². The van der Waals surface area contributed by atoms with Crippen LogP contribution in [0.25, 0.3) is 0 Å². The lowest BCUT2D eigenvalue weighted by Gasteiger charge is -2.32. The van der Waals surface area contributed by atoms with Crippen LogP contribution in [0.1, 0.15) is 25.7 Å². The van der Waals surface area contributed by atoms with Gasteiger partial charge in [0.05, 0.1) is 6.04 Å². The van der Waals surface area contributed by atoms with Crippen LogP contribution in [0.4, 0.5) is 0 Å². The number of rotatable bonds is 5. The van der Waals surface area contributed by atoms with Gasteiger partial charge in [0.25, 0.3) is 0 Å². The standard InChI is InChI=1S/C16H24N4O3S.ClH/c21-16(15-6-2-8-18-15)19-10-13-4-3-9-20(12-13)24(22,23)14-5-1-7-17-11-14;/h1,5,7,11,13,15,18H,2-4,6,8-10,12H2,(H,19,21);1H. The summed E-state index contributed by atoms with van der Waals surface area (Å²) in [5, 5.41) is 6.14. The van der Waals surface area contributed by atoms with Crippen molar-refractivity contribution in [1.29, 1.82) is 0 Å². The van der Waals surface area contributed by atoms with Crippen molar-refractivity contribution in [3.05, 3.63) is 24.5 Å². The molecule has 2 unspecified atom stereocenters. The maximum atomic E-state index is 12.7. The van der Waals surface area contributed by atoms with E-state index in [1.807, 2.05) is 0 Å². The molecule has 9 heteroatoms. The van der Waals surface area contributed by atoms with Gasteiger partial charge in [-0.2, -0.15) is 4.31 Å². The molecule has 3 heterocycles. The first-order valence-electron chi connectivity index (χ1n) is 8.48. The summed E-state index contributed by atoms with van der Waals surface area (Å²) >= 11 is 0. The molecule has 140 valence electrons. The number of carbonyl (C=O) groups excluding carboxylic acids is 1. The van der Waals surface area contributed by atoms with Crippen LogP contribution in [0.2, 0.25) is 0 Å². The lowest BCUT2D eigenvalue weighted by Crippen LogP contribution is -2.46. The summed E-state index contributed by atoms with van der Waals surface area (Å²) in [7, 11) is -3.50. The molecular weight excluding hydrogens is 364 g/mol. The van der Waals surface area contributed by atoms with E-state index in [0.717, 1.165) is 32.2 Å². The average Bonchev–Trinajstić information content (AvgIpc) is 3.15. The van der Waals surface area contributed by atoms with Gasteiger partial charge < -0.3 is 10.6 Å². The number of amides is 1. The summed E-state index contributed by atoms with van der Waals surface area (Å²) in [6, 6.07) is 3.10. The second-order valence-corrected chi connectivity index (χ2v) is 8.39. The number of hydrogen-bond acceptors (Lipinski definition) is 5. The monoisotopic (exact) mass is 388 g/mol. The zero-order valence-electron chi connectivity index (χ0n) is 14.1. The maximum Gasteiger partial charge on any atom is 0.244 e. The van der Waals surface area contributed by atoms with Crippen molar-refractivity contribution in [3.63, 3.8) is 0 Å². The first-order chi connectivity index (χ1) is 11.6. The molecule has 0 bridgehead atoms. The summed E-state index contributed by atoms with van der Waals surface area (Å²) in [5.41, 5.74) is 0. The average molecular weight is 389 g/mol. The Morgan fingerprint density at radius 2 is 2.20 bits per heavy atom. The van der Waals surface area contributed by atoms with Crippen LogP contribution in [-0.2, 0) is 14.8 Å². The molecule has 0 aliphatic carbocycles. The van der Waals surface area contributed by atoms with E-state index in [4.69, 9.17) is 0 Å². The van der Waals surface area contributed by atoms with Crippen molar-refractivity contribution in [3.8, 4) is 0 Å². The topological polar surface area (TPSA) is 91.4 Å². The van der Waals surface area contributed by atoms with Gasteiger partial charge in [-0.05, 0) is 50.3 Å². The third-order valence-corrected chi connectivity index (χ3v) is 6.54. The van der Waals surface area contributed by atoms with Gasteiger partial charge in [0, 0.05) is 32.0 Å². The number of hydrogen-bond donors (Lipinski definition) is 2. The molecule has 1 aromatic heterocycles. The minimum atomic E-state index is -3.50. The molecule has 0 aromatic carbocycles. The SMILES string of the molecule is Cl.O=C(NCC1CCCN(S(=O)(=O)c2cccnc2)C1)C1CCCN1. The number of nitrogens with zero attached hydrogens (tertiary/aromatic N) is 2. The van der Waals surface area contributed by atoms with Gasteiger partial charge in [0.2, 0.25) is 15.9 Å². The number of nitrogens with one attached hydrogen (secondary N) is 2. The summed E-state index contributed by atoms with van der Waals surface area (Å²) in [4.78, 5) is 16.2. The summed E-state index contributed by atoms with van der Waals surface area (Å²) < 4.78 is 26.8. The van der Waals surface area contributed by atoms with Gasteiger partial charge >= 0.3 is 0 Å². The van der Waals surface area contributed by atoms with Crippen molar-refractivity contribution in [2.45, 2.75) is 36.6 Å². The maximum absolute atomic E-state index is 12.7. The van der Waals surface area contributed by atoms with E-state index in [1.165, 1.54) is 10.5 Å². The van der Waals surface area contributed by atoms with E-state index in [-0.39, 0.29) is 35.2 Å². The lowest BCUT2D eigenvalue weighted by atomic mass is 9.99. The van der Waals surface area contributed by atoms with Crippen molar-refractivity contribution < 1.29 is 13.2 Å². The second-order valence-electron chi connectivity index (χ2n) is 6.45. The summed E-state index contributed by atoms with van der Waals surface area (Å²) in [6.45, 7) is 2.37. The summed E-state index contributed by atoms with van der Waals surface area (Å²) in [5.74, 6) is 0.176. The Morgan fingerprint density at radius 1 is 1.36 bits per heavy atom. The highest BCUT2D eigenvalue weighted by Crippen LogP contribution is 2.23. The fourth-order valence-electron chi connectivity index (χ4n) is 3.34. The highest BCUT2D eigenvalue weighted by Gasteiger charge is 2.31. The van der Waals surface area contributed by atoms with E-state index in [2.05, 4.69) is 15.6 Å². The predicted molar refractivity (Wildman–Crippen MR) is 97.0 cm³/mol. The van der Waals surface area contributed by atoms with Crippen molar-refractivity contribution in [2.24, 2.45) is 5.92 Å². The van der Waals surface area contributed by atoms with Crippen LogP contribution < -0.4 is 10.6 Å². The number of sulfonamides is 1. The summed E-state index contributed by atoms with van der Waals surface area (Å²) in [6.07, 6.45) is 6.58. The molecule has 0 radical (unpaired) electrons. The van der Waals surface area contributed by atoms with Gasteiger partial charge in [-0.25, -0.2) is 8.42 Å². The van der Waals surface area contributed by atoms with E-state index in [1.54, 1.807) is 18.3 Å². The molecule has 0 saturated carbocycles. The normalized spacial score (nSPS) is 24.5. The Morgan fingerprint density at radius 3 is 2.88 bits per heavy atom. The Hall–Kier alpha value is -1.22. The Labute approximate surface area is 155 Å². The Kier molecular flexibility index (Phi) is 7.18. The van der Waals surface area contributed by atoms with Crippen LogP contribution in [0.5, 0.6) is 0 Å². The van der Waals surface area contributed by atoms with E-state index in [9.17, 15) is 13.2 Å². The first-order valence-corrected chi connectivity index (χ1v) is 9.92. The van der Waals surface area contributed by atoms with Crippen LogP contribution in [0.15, 0.2) is 29.4 Å². The molecule has 0 spiro atoms. The highest BCUT2D eigenvalue weighted by atomic mass is 35.5. The van der Waals surface area contributed by atoms with Gasteiger partial charge in [0.15, 0.2) is 0 Å². The number of aromatic nitrogens is 1. The lowest BCUT2D eigenvalue weighted by molar-refractivity contribution is -0.123. The zero-order valence-corrected chi connectivity index (χ0v) is 15.7. The van der Waals surface area contributed by atoms with Crippen LogP contribution in [0.3, 0.4) is 0 Å². The molecule has 7 nitrogen and oxygen atoms in total. The Bertz CT molecular complexity index is 665. The molecular formula is C16H25ClN4O3S. The number of piperidine rings is 1. The number of pyridine rings is 1. The molecule has 1 aromatic rings. The molecule has 3 rings (SSSR count). The van der Waals surface area contributed by atoms with Crippen LogP contribution in [0, 0.1) is 5.92 Å². The van der Waals surface area contributed by atoms with Gasteiger partial charge in [-0.15, -0.1) is 12.4 Å². The highest BCUT2D eigenvalue weighted by molar-refractivity contribution is 7.89. The Balaban J connectivity index is 0.00000225. The molecule has 2 atom stereocenters. The van der Waals surface area contributed by atoms with Crippen LogP contribution >= 0.6 is 12.4 Å². The van der Waals surface area contributed by atoms with Gasteiger partial charge in [-0.3, -0.25) is 9.78 Å². The molecule has 1 amide bonds. The second kappa shape index (κ2) is 8.93. The van der Waals surface area contributed by atoms with E-state index in [0.29, 0.717) is 19.6 Å². The quantitative estimate of drug-likeness (QED) is 0.777. The van der Waals surface area contributed by atoms with Crippen molar-refractivity contribution in [1.82, 2.24) is 19.9 Å². The fourth-order valence-corrected chi connectivity index (χ4v) is 4.86. The fraction of sp³-hybridized carbons (Fsp3) is 0.625. The van der Waals surface area contributed by atoms with Gasteiger partial charge in [-0.1, -0.05) is 0 Å². The molecule has 2 aliphatic rings. The molecule has 2 fully saturated rings. The van der Waals surface area contributed by atoms with Crippen molar-refractivity contribution in [2.75, 3.05) is 26.2 Å². The minimum Gasteiger partial charge on any atom is -0.354 e. The molecule has 2 aliphatic heterocycles. The minimum absolute atomic E-state index is 0. The largest absolute Gasteiger partial charge is 0.354 e. The molecule has 2 saturated heterocycles. The van der Waals surface area contributed by atoms with Crippen molar-refractivity contribution >= 4 is 28.3 Å². The molecule has 25 heavy (non-hydrogen) atoms.